The molecular formula is C19H16N4O4. The van der Waals surface area contributed by atoms with Gasteiger partial charge in [-0.15, -0.1) is 0 Å². The highest BCUT2D eigenvalue weighted by Crippen LogP contribution is 2.31. The van der Waals surface area contributed by atoms with Crippen LogP contribution in [0, 0.1) is 10.1 Å². The quantitative estimate of drug-likeness (QED) is 0.524. The van der Waals surface area contributed by atoms with E-state index in [0.29, 0.717) is 0 Å². The number of benzene rings is 2. The van der Waals surface area contributed by atoms with Crippen LogP contribution in [0.2, 0.25) is 0 Å². The lowest BCUT2D eigenvalue weighted by Gasteiger charge is -2.23. The predicted octanol–water partition coefficient (Wildman–Crippen LogP) is 2.28. The Labute approximate surface area is 153 Å². The Bertz CT molecular complexity index is 1140. The summed E-state index contributed by atoms with van der Waals surface area (Å²) in [5.74, 6) is -0.197. The fraction of sp³-hybridized carbons (Fsp3) is 0.211. The van der Waals surface area contributed by atoms with Gasteiger partial charge in [-0.1, -0.05) is 18.2 Å². The van der Waals surface area contributed by atoms with Gasteiger partial charge in [-0.25, -0.2) is 4.98 Å². The number of fused-ring (bicyclic) bond motifs is 2. The first kappa shape index (κ1) is 16.9. The Balaban J connectivity index is 1.67. The number of aromatic nitrogens is 2. The third kappa shape index (κ3) is 2.84. The molecule has 8 heteroatoms. The van der Waals surface area contributed by atoms with E-state index in [-0.39, 0.29) is 35.1 Å². The van der Waals surface area contributed by atoms with Gasteiger partial charge in [-0.3, -0.25) is 24.3 Å². The number of hydrogen-bond acceptors (Lipinski definition) is 5. The largest absolute Gasteiger partial charge is 0.307 e. The van der Waals surface area contributed by atoms with Crippen molar-refractivity contribution in [3.8, 4) is 0 Å². The van der Waals surface area contributed by atoms with Crippen LogP contribution < -0.4 is 10.5 Å². The molecule has 1 aliphatic rings. The SMILES string of the molecule is C[C@@H]1Cc2ccccc2N1C(=O)Cn1cnc2cc([N+](=O)[O-])ccc2c1=O. The van der Waals surface area contributed by atoms with E-state index in [2.05, 4.69) is 4.98 Å². The first-order chi connectivity index (χ1) is 13.0. The lowest BCUT2D eigenvalue weighted by atomic mass is 10.1. The van der Waals surface area contributed by atoms with Gasteiger partial charge >= 0.3 is 0 Å². The summed E-state index contributed by atoms with van der Waals surface area (Å²) >= 11 is 0. The molecule has 3 aromatic rings. The molecule has 0 bridgehead atoms. The van der Waals surface area contributed by atoms with Crippen molar-refractivity contribution in [1.29, 1.82) is 0 Å². The zero-order valence-electron chi connectivity index (χ0n) is 14.5. The lowest BCUT2D eigenvalue weighted by molar-refractivity contribution is -0.384. The highest BCUT2D eigenvalue weighted by atomic mass is 16.6. The Hall–Kier alpha value is -3.55. The normalized spacial score (nSPS) is 15.7. The highest BCUT2D eigenvalue weighted by molar-refractivity contribution is 5.96. The van der Waals surface area contributed by atoms with E-state index < -0.39 is 10.5 Å². The van der Waals surface area contributed by atoms with Crippen molar-refractivity contribution >= 4 is 28.2 Å². The van der Waals surface area contributed by atoms with E-state index in [4.69, 9.17) is 0 Å². The van der Waals surface area contributed by atoms with Crippen LogP contribution in [0.3, 0.4) is 0 Å². The molecule has 0 N–H and O–H groups in total. The van der Waals surface area contributed by atoms with Crippen LogP contribution in [0.15, 0.2) is 53.6 Å². The van der Waals surface area contributed by atoms with Gasteiger partial charge in [0.05, 0.1) is 22.2 Å². The summed E-state index contributed by atoms with van der Waals surface area (Å²) in [4.78, 5) is 41.7. The van der Waals surface area contributed by atoms with E-state index in [1.807, 2.05) is 31.2 Å². The Morgan fingerprint density at radius 1 is 1.30 bits per heavy atom. The van der Waals surface area contributed by atoms with Gasteiger partial charge in [0.15, 0.2) is 0 Å². The Kier molecular flexibility index (Phi) is 3.95. The minimum atomic E-state index is -0.539. The van der Waals surface area contributed by atoms with Crippen LogP contribution in [-0.4, -0.2) is 26.4 Å². The van der Waals surface area contributed by atoms with Gasteiger partial charge in [0.1, 0.15) is 6.54 Å². The topological polar surface area (TPSA) is 98.3 Å². The molecular weight excluding hydrogens is 348 g/mol. The molecule has 4 rings (SSSR count). The van der Waals surface area contributed by atoms with Gasteiger partial charge in [0, 0.05) is 23.9 Å². The fourth-order valence-electron chi connectivity index (χ4n) is 3.54. The van der Waals surface area contributed by atoms with Gasteiger partial charge < -0.3 is 4.90 Å². The molecule has 0 radical (unpaired) electrons. The summed E-state index contributed by atoms with van der Waals surface area (Å²) in [6, 6.07) is 11.6. The standard InChI is InChI=1S/C19H16N4O4/c1-12-8-13-4-2-3-5-17(13)22(12)18(24)10-21-11-20-16-9-14(23(26)27)6-7-15(16)19(21)25/h2-7,9,11-12H,8,10H2,1H3/t12-/m1/s1. The van der Waals surface area contributed by atoms with E-state index in [9.17, 15) is 19.7 Å². The molecule has 27 heavy (non-hydrogen) atoms. The fourth-order valence-corrected chi connectivity index (χ4v) is 3.54. The number of carbonyl (C=O) groups is 1. The van der Waals surface area contributed by atoms with Crippen molar-refractivity contribution in [1.82, 2.24) is 9.55 Å². The average Bonchev–Trinajstić information content (AvgIpc) is 2.99. The number of para-hydroxylation sites is 1. The van der Waals surface area contributed by atoms with Gasteiger partial charge in [0.2, 0.25) is 5.91 Å². The molecule has 0 aliphatic carbocycles. The maximum Gasteiger partial charge on any atom is 0.271 e. The molecule has 8 nitrogen and oxygen atoms in total. The van der Waals surface area contributed by atoms with Gasteiger partial charge in [0.25, 0.3) is 11.2 Å². The summed E-state index contributed by atoms with van der Waals surface area (Å²) in [5.41, 5.74) is 1.67. The molecule has 1 aliphatic heterocycles. The number of amides is 1. The molecule has 1 atom stereocenters. The molecule has 0 unspecified atom stereocenters. The van der Waals surface area contributed by atoms with Gasteiger partial charge in [-0.05, 0) is 31.0 Å². The average molecular weight is 364 g/mol. The second-order valence-corrected chi connectivity index (χ2v) is 6.58. The summed E-state index contributed by atoms with van der Waals surface area (Å²) in [5, 5.41) is 11.1. The zero-order valence-corrected chi connectivity index (χ0v) is 14.5. The summed E-state index contributed by atoms with van der Waals surface area (Å²) in [7, 11) is 0. The van der Waals surface area contributed by atoms with E-state index in [0.717, 1.165) is 17.7 Å². The second-order valence-electron chi connectivity index (χ2n) is 6.58. The summed E-state index contributed by atoms with van der Waals surface area (Å²) in [6.45, 7) is 1.83. The first-order valence-corrected chi connectivity index (χ1v) is 8.49. The summed E-state index contributed by atoms with van der Waals surface area (Å²) < 4.78 is 1.24. The van der Waals surface area contributed by atoms with E-state index in [1.54, 1.807) is 4.90 Å². The van der Waals surface area contributed by atoms with Crippen LogP contribution in [0.1, 0.15) is 12.5 Å². The summed E-state index contributed by atoms with van der Waals surface area (Å²) in [6.07, 6.45) is 2.04. The molecule has 0 spiro atoms. The Morgan fingerprint density at radius 3 is 2.85 bits per heavy atom. The van der Waals surface area contributed by atoms with Crippen molar-refractivity contribution in [2.45, 2.75) is 25.9 Å². The number of nitro groups is 1. The van der Waals surface area contributed by atoms with Crippen molar-refractivity contribution in [2.75, 3.05) is 4.90 Å². The minimum absolute atomic E-state index is 0.0154. The third-order valence-corrected chi connectivity index (χ3v) is 4.80. The second kappa shape index (κ2) is 6.31. The Morgan fingerprint density at radius 2 is 2.07 bits per heavy atom. The molecule has 0 saturated carbocycles. The molecule has 2 aromatic carbocycles. The van der Waals surface area contributed by atoms with E-state index in [1.165, 1.54) is 29.1 Å². The lowest BCUT2D eigenvalue weighted by Crippen LogP contribution is -2.40. The molecule has 1 amide bonds. The van der Waals surface area contributed by atoms with Crippen LogP contribution in [0.4, 0.5) is 11.4 Å². The van der Waals surface area contributed by atoms with Crippen LogP contribution in [-0.2, 0) is 17.8 Å². The number of non-ortho nitro benzene ring substituents is 1. The molecule has 2 heterocycles. The number of nitrogens with zero attached hydrogens (tertiary/aromatic N) is 4. The molecule has 136 valence electrons. The number of rotatable bonds is 3. The minimum Gasteiger partial charge on any atom is -0.307 e. The molecule has 0 fully saturated rings. The zero-order chi connectivity index (χ0) is 19.1. The maximum absolute atomic E-state index is 12.9. The number of nitro benzene ring substituents is 1. The number of anilines is 1. The van der Waals surface area contributed by atoms with Gasteiger partial charge in [-0.2, -0.15) is 0 Å². The third-order valence-electron chi connectivity index (χ3n) is 4.80. The van der Waals surface area contributed by atoms with Crippen molar-refractivity contribution in [3.63, 3.8) is 0 Å². The molecule has 0 saturated heterocycles. The monoisotopic (exact) mass is 364 g/mol. The molecule has 1 aromatic heterocycles. The predicted molar refractivity (Wildman–Crippen MR) is 99.8 cm³/mol. The van der Waals surface area contributed by atoms with Crippen LogP contribution in [0.25, 0.3) is 10.9 Å². The van der Waals surface area contributed by atoms with Crippen LogP contribution >= 0.6 is 0 Å². The highest BCUT2D eigenvalue weighted by Gasteiger charge is 2.30. The van der Waals surface area contributed by atoms with Crippen molar-refractivity contribution in [3.05, 3.63) is 74.8 Å². The first-order valence-electron chi connectivity index (χ1n) is 8.49. The number of carbonyl (C=O) groups excluding carboxylic acids is 1. The number of hydrogen-bond donors (Lipinski definition) is 0. The smallest absolute Gasteiger partial charge is 0.271 e. The van der Waals surface area contributed by atoms with Crippen molar-refractivity contribution in [2.24, 2.45) is 0 Å². The maximum atomic E-state index is 12.9. The van der Waals surface area contributed by atoms with E-state index >= 15 is 0 Å². The van der Waals surface area contributed by atoms with Crippen LogP contribution in [0.5, 0.6) is 0 Å². The van der Waals surface area contributed by atoms with Crippen molar-refractivity contribution < 1.29 is 9.72 Å².